The van der Waals surface area contributed by atoms with Crippen LogP contribution >= 0.6 is 0 Å². The number of hydrogen-bond donors (Lipinski definition) is 3. The van der Waals surface area contributed by atoms with Gasteiger partial charge in [0.05, 0.1) is 17.9 Å². The van der Waals surface area contributed by atoms with Gasteiger partial charge in [0.25, 0.3) is 0 Å². The van der Waals surface area contributed by atoms with Crippen molar-refractivity contribution in [3.05, 3.63) is 23.8 Å². The average molecular weight is 337 g/mol. The largest absolute Gasteiger partial charge is 0.352 e. The third-order valence-electron chi connectivity index (χ3n) is 4.16. The molecule has 0 aromatic heterocycles. The predicted octanol–water partition coefficient (Wildman–Crippen LogP) is 0.518. The minimum Gasteiger partial charge on any atom is -0.352 e. The maximum absolute atomic E-state index is 12.3. The number of hydrogen-bond acceptors (Lipinski definition) is 4. The van der Waals surface area contributed by atoms with E-state index in [4.69, 9.17) is 0 Å². The van der Waals surface area contributed by atoms with Gasteiger partial charge >= 0.3 is 0 Å². The monoisotopic (exact) mass is 337 g/mol. The minimum absolute atomic E-state index is 0.0569. The number of anilines is 1. The molecule has 2 aliphatic rings. The van der Waals surface area contributed by atoms with Gasteiger partial charge in [0.15, 0.2) is 0 Å². The van der Waals surface area contributed by atoms with Crippen LogP contribution in [0.4, 0.5) is 5.69 Å². The second-order valence-electron chi connectivity index (χ2n) is 5.92. The molecule has 1 aromatic carbocycles. The molecular formula is C15H19N3O4S. The van der Waals surface area contributed by atoms with E-state index in [2.05, 4.69) is 15.4 Å². The molecule has 1 heterocycles. The zero-order valence-corrected chi connectivity index (χ0v) is 13.4. The van der Waals surface area contributed by atoms with E-state index in [1.165, 1.54) is 12.1 Å². The topological polar surface area (TPSA) is 104 Å². The van der Waals surface area contributed by atoms with E-state index in [9.17, 15) is 18.0 Å². The lowest BCUT2D eigenvalue weighted by atomic mass is 10.2. The SMILES string of the molecule is O=C1Cc2cc(S(=O)(=O)NCC(=O)NC3CCCC3)ccc2N1. The molecule has 0 radical (unpaired) electrons. The highest BCUT2D eigenvalue weighted by Gasteiger charge is 2.23. The molecule has 1 aliphatic heterocycles. The van der Waals surface area contributed by atoms with Gasteiger partial charge in [-0.05, 0) is 36.6 Å². The maximum Gasteiger partial charge on any atom is 0.241 e. The van der Waals surface area contributed by atoms with Crippen LogP contribution in [0.3, 0.4) is 0 Å². The Morgan fingerprint density at radius 2 is 2.00 bits per heavy atom. The first kappa shape index (κ1) is 15.9. The van der Waals surface area contributed by atoms with E-state index in [0.29, 0.717) is 11.3 Å². The lowest BCUT2D eigenvalue weighted by Gasteiger charge is -2.12. The Hall–Kier alpha value is -1.93. The van der Waals surface area contributed by atoms with Crippen LogP contribution in [0, 0.1) is 0 Å². The van der Waals surface area contributed by atoms with Crippen LogP contribution in [0.2, 0.25) is 0 Å². The number of rotatable bonds is 5. The van der Waals surface area contributed by atoms with Crippen molar-refractivity contribution in [2.75, 3.05) is 11.9 Å². The molecule has 1 aromatic rings. The summed E-state index contributed by atoms with van der Waals surface area (Å²) in [5.41, 5.74) is 1.28. The fraction of sp³-hybridized carbons (Fsp3) is 0.467. The molecule has 1 saturated carbocycles. The van der Waals surface area contributed by atoms with Crippen LogP contribution in [0.25, 0.3) is 0 Å². The summed E-state index contributed by atoms with van der Waals surface area (Å²) in [7, 11) is -3.78. The van der Waals surface area contributed by atoms with E-state index < -0.39 is 10.0 Å². The number of carbonyl (C=O) groups is 2. The molecule has 0 saturated heterocycles. The predicted molar refractivity (Wildman–Crippen MR) is 84.4 cm³/mol. The summed E-state index contributed by atoms with van der Waals surface area (Å²) in [5, 5.41) is 5.48. The summed E-state index contributed by atoms with van der Waals surface area (Å²) in [5.74, 6) is -0.475. The van der Waals surface area contributed by atoms with Crippen LogP contribution in [0.15, 0.2) is 23.1 Å². The van der Waals surface area contributed by atoms with E-state index >= 15 is 0 Å². The van der Waals surface area contributed by atoms with Crippen LogP contribution in [-0.2, 0) is 26.0 Å². The number of benzene rings is 1. The first-order chi connectivity index (χ1) is 10.9. The second kappa shape index (κ2) is 6.29. The van der Waals surface area contributed by atoms with E-state index in [0.717, 1.165) is 25.7 Å². The van der Waals surface area contributed by atoms with Crippen molar-refractivity contribution < 1.29 is 18.0 Å². The van der Waals surface area contributed by atoms with Crippen molar-refractivity contribution in [1.82, 2.24) is 10.0 Å². The molecule has 1 fully saturated rings. The Morgan fingerprint density at radius 3 is 2.74 bits per heavy atom. The fourth-order valence-electron chi connectivity index (χ4n) is 2.97. The second-order valence-corrected chi connectivity index (χ2v) is 7.68. The number of sulfonamides is 1. The highest BCUT2D eigenvalue weighted by Crippen LogP contribution is 2.25. The van der Waals surface area contributed by atoms with Crippen molar-refractivity contribution >= 4 is 27.5 Å². The normalized spacial score (nSPS) is 17.8. The quantitative estimate of drug-likeness (QED) is 0.728. The van der Waals surface area contributed by atoms with Crippen molar-refractivity contribution in [3.63, 3.8) is 0 Å². The fourth-order valence-corrected chi connectivity index (χ4v) is 4.00. The Kier molecular flexibility index (Phi) is 4.36. The number of amides is 2. The Bertz CT molecular complexity index is 739. The van der Waals surface area contributed by atoms with Crippen LogP contribution < -0.4 is 15.4 Å². The van der Waals surface area contributed by atoms with Crippen LogP contribution in [-0.4, -0.2) is 32.8 Å². The molecule has 3 rings (SSSR count). The zero-order chi connectivity index (χ0) is 16.4. The highest BCUT2D eigenvalue weighted by atomic mass is 32.2. The molecular weight excluding hydrogens is 318 g/mol. The molecule has 1 aliphatic carbocycles. The summed E-state index contributed by atoms with van der Waals surface area (Å²) in [6.45, 7) is -0.285. The van der Waals surface area contributed by atoms with Gasteiger partial charge in [-0.1, -0.05) is 12.8 Å². The van der Waals surface area contributed by atoms with Gasteiger partial charge in [0.2, 0.25) is 21.8 Å². The smallest absolute Gasteiger partial charge is 0.241 e. The molecule has 0 atom stereocenters. The molecule has 7 nitrogen and oxygen atoms in total. The molecule has 0 bridgehead atoms. The van der Waals surface area contributed by atoms with Crippen LogP contribution in [0.5, 0.6) is 0 Å². The maximum atomic E-state index is 12.3. The standard InChI is InChI=1S/C15H19N3O4S/c19-14-8-10-7-12(5-6-13(10)18-14)23(21,22)16-9-15(20)17-11-3-1-2-4-11/h5-7,11,16H,1-4,8-9H2,(H,17,20)(H,18,19). The molecule has 0 spiro atoms. The lowest BCUT2D eigenvalue weighted by Crippen LogP contribution is -2.40. The summed E-state index contributed by atoms with van der Waals surface area (Å²) in [4.78, 5) is 23.2. The number of nitrogens with one attached hydrogen (secondary N) is 3. The molecule has 124 valence electrons. The molecule has 3 N–H and O–H groups in total. The van der Waals surface area contributed by atoms with Crippen molar-refractivity contribution in [2.24, 2.45) is 0 Å². The van der Waals surface area contributed by atoms with Gasteiger partial charge in [-0.25, -0.2) is 13.1 Å². The Morgan fingerprint density at radius 1 is 1.26 bits per heavy atom. The van der Waals surface area contributed by atoms with Crippen molar-refractivity contribution in [3.8, 4) is 0 Å². The van der Waals surface area contributed by atoms with Gasteiger partial charge < -0.3 is 10.6 Å². The molecule has 0 unspecified atom stereocenters. The third-order valence-corrected chi connectivity index (χ3v) is 5.55. The molecule has 8 heteroatoms. The molecule has 2 amide bonds. The van der Waals surface area contributed by atoms with Gasteiger partial charge in [-0.3, -0.25) is 9.59 Å². The number of fused-ring (bicyclic) bond motifs is 1. The average Bonchev–Trinajstić information content (AvgIpc) is 3.12. The summed E-state index contributed by atoms with van der Waals surface area (Å²) in [6, 6.07) is 4.60. The first-order valence-electron chi connectivity index (χ1n) is 7.66. The van der Waals surface area contributed by atoms with Gasteiger partial charge in [0.1, 0.15) is 0 Å². The lowest BCUT2D eigenvalue weighted by molar-refractivity contribution is -0.120. The number of carbonyl (C=O) groups excluding carboxylic acids is 2. The van der Waals surface area contributed by atoms with Gasteiger partial charge in [0, 0.05) is 11.7 Å². The van der Waals surface area contributed by atoms with E-state index in [-0.39, 0.29) is 35.7 Å². The molecule has 23 heavy (non-hydrogen) atoms. The summed E-state index contributed by atoms with van der Waals surface area (Å²) >= 11 is 0. The summed E-state index contributed by atoms with van der Waals surface area (Å²) < 4.78 is 26.8. The highest BCUT2D eigenvalue weighted by molar-refractivity contribution is 7.89. The zero-order valence-electron chi connectivity index (χ0n) is 12.6. The van der Waals surface area contributed by atoms with Gasteiger partial charge in [-0.15, -0.1) is 0 Å². The minimum atomic E-state index is -3.78. The van der Waals surface area contributed by atoms with E-state index in [1.54, 1.807) is 6.07 Å². The third kappa shape index (κ3) is 3.70. The van der Waals surface area contributed by atoms with E-state index in [1.807, 2.05) is 0 Å². The van der Waals surface area contributed by atoms with Crippen LogP contribution in [0.1, 0.15) is 31.2 Å². The van der Waals surface area contributed by atoms with Crippen molar-refractivity contribution in [2.45, 2.75) is 43.0 Å². The summed E-state index contributed by atoms with van der Waals surface area (Å²) in [6.07, 6.45) is 4.26. The Balaban J connectivity index is 1.62. The van der Waals surface area contributed by atoms with Gasteiger partial charge in [-0.2, -0.15) is 0 Å². The van der Waals surface area contributed by atoms with Crippen molar-refractivity contribution in [1.29, 1.82) is 0 Å². The Labute approximate surface area is 134 Å². The first-order valence-corrected chi connectivity index (χ1v) is 9.14.